The number of ether oxygens (including phenoxy) is 2. The summed E-state index contributed by atoms with van der Waals surface area (Å²) in [7, 11) is 0. The van der Waals surface area contributed by atoms with Crippen LogP contribution >= 0.6 is 11.3 Å². The van der Waals surface area contributed by atoms with Crippen LogP contribution in [0.25, 0.3) is 16.3 Å². The number of nitro benzene ring substituents is 1. The van der Waals surface area contributed by atoms with Crippen molar-refractivity contribution in [2.45, 2.75) is 0 Å². The maximum atomic E-state index is 12.1. The van der Waals surface area contributed by atoms with Gasteiger partial charge in [0.2, 0.25) is 5.91 Å². The third-order valence-corrected chi connectivity index (χ3v) is 4.75. The monoisotopic (exact) mass is 383 g/mol. The lowest BCUT2D eigenvalue weighted by Crippen LogP contribution is -2.15. The highest BCUT2D eigenvalue weighted by molar-refractivity contribution is 7.22. The minimum Gasteiger partial charge on any atom is -0.486 e. The normalized spacial score (nSPS) is 13.0. The van der Waals surface area contributed by atoms with E-state index in [0.717, 1.165) is 10.2 Å². The lowest BCUT2D eigenvalue weighted by molar-refractivity contribution is -0.384. The number of benzene rings is 2. The number of nitrogens with zero attached hydrogens (tertiary/aromatic N) is 2. The summed E-state index contributed by atoms with van der Waals surface area (Å²) in [5.41, 5.74) is 1.41. The highest BCUT2D eigenvalue weighted by Gasteiger charge is 2.15. The average molecular weight is 383 g/mol. The Hall–Kier alpha value is -3.46. The van der Waals surface area contributed by atoms with Gasteiger partial charge in [-0.1, -0.05) is 11.3 Å². The smallest absolute Gasteiger partial charge is 0.269 e. The van der Waals surface area contributed by atoms with Gasteiger partial charge in [0.25, 0.3) is 5.69 Å². The van der Waals surface area contributed by atoms with E-state index in [2.05, 4.69) is 10.3 Å². The molecule has 136 valence electrons. The zero-order chi connectivity index (χ0) is 18.8. The van der Waals surface area contributed by atoms with Gasteiger partial charge in [-0.15, -0.1) is 0 Å². The fraction of sp³-hybridized carbons (Fsp3) is 0.111. The minimum atomic E-state index is -0.471. The number of non-ortho nitro benzene ring substituents is 1. The summed E-state index contributed by atoms with van der Waals surface area (Å²) in [5.74, 6) is 0.980. The van der Waals surface area contributed by atoms with Crippen LogP contribution in [0.2, 0.25) is 0 Å². The van der Waals surface area contributed by atoms with Crippen molar-refractivity contribution in [1.82, 2.24) is 4.98 Å². The van der Waals surface area contributed by atoms with E-state index in [1.807, 2.05) is 6.07 Å². The summed E-state index contributed by atoms with van der Waals surface area (Å²) in [4.78, 5) is 26.7. The molecular formula is C18H13N3O5S. The molecule has 0 radical (unpaired) electrons. The summed E-state index contributed by atoms with van der Waals surface area (Å²) >= 11 is 1.34. The van der Waals surface area contributed by atoms with Crippen molar-refractivity contribution in [3.63, 3.8) is 0 Å². The van der Waals surface area contributed by atoms with Crippen LogP contribution < -0.4 is 14.8 Å². The van der Waals surface area contributed by atoms with Gasteiger partial charge in [0.15, 0.2) is 16.6 Å². The molecule has 8 nitrogen and oxygen atoms in total. The van der Waals surface area contributed by atoms with Gasteiger partial charge in [-0.3, -0.25) is 20.2 Å². The van der Waals surface area contributed by atoms with E-state index in [1.165, 1.54) is 29.5 Å². The molecule has 0 bridgehead atoms. The molecule has 27 heavy (non-hydrogen) atoms. The van der Waals surface area contributed by atoms with Gasteiger partial charge in [0.1, 0.15) is 13.2 Å². The van der Waals surface area contributed by atoms with Crippen LogP contribution in [-0.4, -0.2) is 29.0 Å². The largest absolute Gasteiger partial charge is 0.486 e. The number of nitro groups is 1. The van der Waals surface area contributed by atoms with Gasteiger partial charge in [-0.05, 0) is 23.8 Å². The Labute approximate surface area is 157 Å². The van der Waals surface area contributed by atoms with Gasteiger partial charge in [0, 0.05) is 30.3 Å². The molecular weight excluding hydrogens is 370 g/mol. The number of fused-ring (bicyclic) bond motifs is 2. The maximum Gasteiger partial charge on any atom is 0.269 e. The van der Waals surface area contributed by atoms with Crippen LogP contribution in [0.1, 0.15) is 5.56 Å². The number of hydrogen-bond donors (Lipinski definition) is 1. The fourth-order valence-electron chi connectivity index (χ4n) is 2.54. The van der Waals surface area contributed by atoms with Crippen molar-refractivity contribution in [3.8, 4) is 11.5 Å². The zero-order valence-electron chi connectivity index (χ0n) is 13.9. The molecule has 9 heteroatoms. The number of hydrogen-bond acceptors (Lipinski definition) is 7. The summed E-state index contributed by atoms with van der Waals surface area (Å²) in [6.45, 7) is 1.01. The molecule has 4 rings (SSSR count). The molecule has 1 N–H and O–H groups in total. The molecule has 0 saturated carbocycles. The van der Waals surface area contributed by atoms with Crippen molar-refractivity contribution in [1.29, 1.82) is 0 Å². The van der Waals surface area contributed by atoms with Gasteiger partial charge in [-0.2, -0.15) is 0 Å². The molecule has 1 aliphatic heterocycles. The Balaban J connectivity index is 1.46. The van der Waals surface area contributed by atoms with Crippen molar-refractivity contribution < 1.29 is 19.2 Å². The Morgan fingerprint density at radius 2 is 1.89 bits per heavy atom. The van der Waals surface area contributed by atoms with Crippen LogP contribution in [0.15, 0.2) is 42.5 Å². The third kappa shape index (κ3) is 3.72. The second-order valence-electron chi connectivity index (χ2n) is 5.65. The van der Waals surface area contributed by atoms with Crippen LogP contribution in [0.3, 0.4) is 0 Å². The maximum absolute atomic E-state index is 12.1. The van der Waals surface area contributed by atoms with Gasteiger partial charge in [-0.25, -0.2) is 4.98 Å². The van der Waals surface area contributed by atoms with Crippen LogP contribution in [0, 0.1) is 10.1 Å². The number of thiazole rings is 1. The molecule has 0 aliphatic carbocycles. The van der Waals surface area contributed by atoms with E-state index in [-0.39, 0.29) is 11.6 Å². The molecule has 2 heterocycles. The van der Waals surface area contributed by atoms with Gasteiger partial charge >= 0.3 is 0 Å². The number of carbonyl (C=O) groups is 1. The Morgan fingerprint density at radius 1 is 1.19 bits per heavy atom. The molecule has 1 aliphatic rings. The van der Waals surface area contributed by atoms with Crippen molar-refractivity contribution in [3.05, 3.63) is 58.2 Å². The summed E-state index contributed by atoms with van der Waals surface area (Å²) < 4.78 is 12.0. The summed E-state index contributed by atoms with van der Waals surface area (Å²) in [6.07, 6.45) is 2.93. The highest BCUT2D eigenvalue weighted by atomic mass is 32.1. The van der Waals surface area contributed by atoms with Crippen molar-refractivity contribution in [2.24, 2.45) is 0 Å². The predicted molar refractivity (Wildman–Crippen MR) is 101 cm³/mol. The van der Waals surface area contributed by atoms with E-state index in [4.69, 9.17) is 9.47 Å². The minimum absolute atomic E-state index is 0.00161. The molecule has 0 fully saturated rings. The van der Waals surface area contributed by atoms with Crippen molar-refractivity contribution in [2.75, 3.05) is 18.5 Å². The standard InChI is InChI=1S/C18H13N3O5S/c22-17(6-3-11-1-4-12(5-2-11)21(23)24)20-18-19-13-9-14-15(10-16(13)27-18)26-8-7-25-14/h1-6,9-10H,7-8H2,(H,19,20,22). The number of anilines is 1. The third-order valence-electron chi connectivity index (χ3n) is 3.81. The Kier molecular flexibility index (Phi) is 4.43. The lowest BCUT2D eigenvalue weighted by Gasteiger charge is -2.17. The highest BCUT2D eigenvalue weighted by Crippen LogP contribution is 2.37. The molecule has 0 atom stereocenters. The van der Waals surface area contributed by atoms with Gasteiger partial charge < -0.3 is 9.47 Å². The van der Waals surface area contributed by atoms with Crippen molar-refractivity contribution >= 4 is 44.4 Å². The Bertz CT molecular complexity index is 1020. The fourth-order valence-corrected chi connectivity index (χ4v) is 3.42. The molecule has 0 unspecified atom stereocenters. The molecule has 0 spiro atoms. The first kappa shape index (κ1) is 17.0. The zero-order valence-corrected chi connectivity index (χ0v) is 14.7. The quantitative estimate of drug-likeness (QED) is 0.419. The first-order valence-electron chi connectivity index (χ1n) is 8.02. The van der Waals surface area contributed by atoms with E-state index >= 15 is 0 Å². The second-order valence-corrected chi connectivity index (χ2v) is 6.68. The summed E-state index contributed by atoms with van der Waals surface area (Å²) in [5, 5.41) is 13.8. The molecule has 2 aromatic carbocycles. The van der Waals surface area contributed by atoms with Gasteiger partial charge in [0.05, 0.1) is 15.1 Å². The predicted octanol–water partition coefficient (Wildman–Crippen LogP) is 3.63. The van der Waals surface area contributed by atoms with Crippen LogP contribution in [0.5, 0.6) is 11.5 Å². The number of nitrogens with one attached hydrogen (secondary N) is 1. The number of carbonyl (C=O) groups excluding carboxylic acids is 1. The van der Waals surface area contributed by atoms with E-state index in [9.17, 15) is 14.9 Å². The average Bonchev–Trinajstić information content (AvgIpc) is 3.05. The van der Waals surface area contributed by atoms with Crippen LogP contribution in [-0.2, 0) is 4.79 Å². The first-order valence-corrected chi connectivity index (χ1v) is 8.84. The topological polar surface area (TPSA) is 104 Å². The van der Waals surface area contributed by atoms with E-state index < -0.39 is 4.92 Å². The number of amides is 1. The molecule has 3 aromatic rings. The lowest BCUT2D eigenvalue weighted by atomic mass is 10.2. The summed E-state index contributed by atoms with van der Waals surface area (Å²) in [6, 6.07) is 9.56. The number of aromatic nitrogens is 1. The number of rotatable bonds is 4. The van der Waals surface area contributed by atoms with E-state index in [0.29, 0.717) is 35.4 Å². The Morgan fingerprint density at radius 3 is 2.59 bits per heavy atom. The van der Waals surface area contributed by atoms with Crippen LogP contribution in [0.4, 0.5) is 10.8 Å². The molecule has 1 aromatic heterocycles. The van der Waals surface area contributed by atoms with E-state index in [1.54, 1.807) is 24.3 Å². The second kappa shape index (κ2) is 7.04. The first-order chi connectivity index (χ1) is 13.1. The molecule has 1 amide bonds. The SMILES string of the molecule is O=C(C=Cc1ccc([N+](=O)[O-])cc1)Nc1nc2cc3c(cc2s1)OCCO3. The molecule has 0 saturated heterocycles.